The summed E-state index contributed by atoms with van der Waals surface area (Å²) in [5.41, 5.74) is 0.832. The van der Waals surface area contributed by atoms with Crippen LogP contribution in [0.4, 0.5) is 0 Å². The van der Waals surface area contributed by atoms with Gasteiger partial charge in [-0.05, 0) is 37.1 Å². The molecule has 0 aliphatic heterocycles. The quantitative estimate of drug-likeness (QED) is 0.312. The molecule has 0 fully saturated rings. The number of hydrogen-bond donors (Lipinski definition) is 1. The van der Waals surface area contributed by atoms with Crippen LogP contribution in [0.1, 0.15) is 18.9 Å². The molecule has 0 aromatic heterocycles. The third-order valence-electron chi connectivity index (χ3n) is 2.88. The Balaban J connectivity index is 2.58. The molecule has 0 saturated carbocycles. The molecule has 122 valence electrons. The fraction of sp³-hybridized carbons (Fsp3) is 0.333. The summed E-state index contributed by atoms with van der Waals surface area (Å²) in [6.45, 7) is 7.66. The third kappa shape index (κ3) is 7.30. The second-order valence-electron chi connectivity index (χ2n) is 4.64. The van der Waals surface area contributed by atoms with Crippen LogP contribution in [-0.4, -0.2) is 32.3 Å². The third-order valence-corrected chi connectivity index (χ3v) is 2.88. The fourth-order valence-electron chi connectivity index (χ4n) is 1.75. The van der Waals surface area contributed by atoms with Crippen LogP contribution >= 0.6 is 0 Å². The lowest BCUT2D eigenvalue weighted by molar-refractivity contribution is -0.117. The SMILES string of the molecule is C=CCOc1ccc(/C=C(\C#N)C(=O)NCCCOCC)cc1. The Bertz CT molecular complexity index is 571. The first-order valence-corrected chi connectivity index (χ1v) is 7.52. The Hall–Kier alpha value is -2.58. The molecule has 0 atom stereocenters. The molecule has 23 heavy (non-hydrogen) atoms. The lowest BCUT2D eigenvalue weighted by atomic mass is 10.1. The fourth-order valence-corrected chi connectivity index (χ4v) is 1.75. The van der Waals surface area contributed by atoms with Crippen LogP contribution in [0.5, 0.6) is 5.75 Å². The number of carbonyl (C=O) groups excluding carboxylic acids is 1. The lowest BCUT2D eigenvalue weighted by Gasteiger charge is -2.05. The van der Waals surface area contributed by atoms with Gasteiger partial charge in [-0.3, -0.25) is 4.79 Å². The Labute approximate surface area is 137 Å². The Morgan fingerprint density at radius 1 is 1.39 bits per heavy atom. The largest absolute Gasteiger partial charge is 0.490 e. The second kappa shape index (κ2) is 11.0. The number of ether oxygens (including phenoxy) is 2. The molecule has 1 rings (SSSR count). The summed E-state index contributed by atoms with van der Waals surface area (Å²) in [4.78, 5) is 11.9. The molecule has 0 spiro atoms. The van der Waals surface area contributed by atoms with Gasteiger partial charge in [-0.2, -0.15) is 5.26 Å². The van der Waals surface area contributed by atoms with E-state index in [9.17, 15) is 4.79 Å². The van der Waals surface area contributed by atoms with Gasteiger partial charge >= 0.3 is 0 Å². The monoisotopic (exact) mass is 314 g/mol. The Morgan fingerprint density at radius 2 is 2.13 bits per heavy atom. The van der Waals surface area contributed by atoms with Crippen molar-refractivity contribution in [2.45, 2.75) is 13.3 Å². The number of carbonyl (C=O) groups is 1. The summed E-state index contributed by atoms with van der Waals surface area (Å²) in [6.07, 6.45) is 3.93. The molecule has 0 radical (unpaired) electrons. The summed E-state index contributed by atoms with van der Waals surface area (Å²) in [7, 11) is 0. The maximum atomic E-state index is 11.9. The van der Waals surface area contributed by atoms with E-state index in [-0.39, 0.29) is 11.5 Å². The van der Waals surface area contributed by atoms with Crippen molar-refractivity contribution in [3.63, 3.8) is 0 Å². The molecular formula is C18H22N2O3. The highest BCUT2D eigenvalue weighted by atomic mass is 16.5. The molecule has 1 aromatic carbocycles. The Morgan fingerprint density at radius 3 is 2.74 bits per heavy atom. The molecule has 0 saturated heterocycles. The van der Waals surface area contributed by atoms with Gasteiger partial charge in [0.25, 0.3) is 5.91 Å². The topological polar surface area (TPSA) is 71.3 Å². The number of nitrogens with one attached hydrogen (secondary N) is 1. The molecule has 0 bridgehead atoms. The average molecular weight is 314 g/mol. The van der Waals surface area contributed by atoms with E-state index in [1.54, 1.807) is 36.4 Å². The predicted octanol–water partition coefficient (Wildman–Crippen LogP) is 2.70. The van der Waals surface area contributed by atoms with Gasteiger partial charge in [0.15, 0.2) is 0 Å². The molecule has 0 aliphatic carbocycles. The molecule has 0 heterocycles. The van der Waals surface area contributed by atoms with Crippen molar-refractivity contribution >= 4 is 12.0 Å². The van der Waals surface area contributed by atoms with Crippen molar-refractivity contribution < 1.29 is 14.3 Å². The molecule has 0 unspecified atom stereocenters. The minimum absolute atomic E-state index is 0.0705. The van der Waals surface area contributed by atoms with Gasteiger partial charge < -0.3 is 14.8 Å². The zero-order valence-corrected chi connectivity index (χ0v) is 13.4. The number of rotatable bonds is 10. The molecular weight excluding hydrogens is 292 g/mol. The highest BCUT2D eigenvalue weighted by Gasteiger charge is 2.08. The van der Waals surface area contributed by atoms with Crippen molar-refractivity contribution in [3.8, 4) is 11.8 Å². The molecule has 1 aromatic rings. The molecule has 5 heteroatoms. The zero-order valence-electron chi connectivity index (χ0n) is 13.4. The van der Waals surface area contributed by atoms with E-state index in [0.717, 1.165) is 5.56 Å². The van der Waals surface area contributed by atoms with Gasteiger partial charge in [-0.1, -0.05) is 24.8 Å². The van der Waals surface area contributed by atoms with Crippen LogP contribution in [0.3, 0.4) is 0 Å². The number of amides is 1. The summed E-state index contributed by atoms with van der Waals surface area (Å²) in [5.74, 6) is 0.330. The number of nitrogens with zero attached hydrogens (tertiary/aromatic N) is 1. The van der Waals surface area contributed by atoms with Crippen molar-refractivity contribution in [3.05, 3.63) is 48.1 Å². The number of hydrogen-bond acceptors (Lipinski definition) is 4. The van der Waals surface area contributed by atoms with Crippen molar-refractivity contribution in [2.75, 3.05) is 26.4 Å². The van der Waals surface area contributed by atoms with Crippen molar-refractivity contribution in [1.82, 2.24) is 5.32 Å². The second-order valence-corrected chi connectivity index (χ2v) is 4.64. The van der Waals surface area contributed by atoms with E-state index in [4.69, 9.17) is 14.7 Å². The minimum Gasteiger partial charge on any atom is -0.490 e. The highest BCUT2D eigenvalue weighted by molar-refractivity contribution is 6.01. The van der Waals surface area contributed by atoms with E-state index in [1.807, 2.05) is 13.0 Å². The number of benzene rings is 1. The van der Waals surface area contributed by atoms with Crippen LogP contribution in [0.25, 0.3) is 6.08 Å². The normalized spacial score (nSPS) is 10.7. The van der Waals surface area contributed by atoms with Crippen LogP contribution < -0.4 is 10.1 Å². The summed E-state index contributed by atoms with van der Waals surface area (Å²) >= 11 is 0. The first kappa shape index (κ1) is 18.5. The predicted molar refractivity (Wildman–Crippen MR) is 89.8 cm³/mol. The molecule has 1 amide bonds. The van der Waals surface area contributed by atoms with E-state index in [2.05, 4.69) is 11.9 Å². The van der Waals surface area contributed by atoms with Crippen LogP contribution in [0.15, 0.2) is 42.5 Å². The first-order chi connectivity index (χ1) is 11.2. The number of nitriles is 1. The molecule has 1 N–H and O–H groups in total. The first-order valence-electron chi connectivity index (χ1n) is 7.52. The van der Waals surface area contributed by atoms with Gasteiger partial charge in [0.05, 0.1) is 0 Å². The van der Waals surface area contributed by atoms with Crippen LogP contribution in [0.2, 0.25) is 0 Å². The maximum Gasteiger partial charge on any atom is 0.261 e. The highest BCUT2D eigenvalue weighted by Crippen LogP contribution is 2.14. The van der Waals surface area contributed by atoms with E-state index < -0.39 is 0 Å². The van der Waals surface area contributed by atoms with Crippen LogP contribution in [-0.2, 0) is 9.53 Å². The standard InChI is InChI=1S/C18H22N2O3/c1-3-11-23-17-8-6-15(7-9-17)13-16(14-19)18(21)20-10-5-12-22-4-2/h3,6-9,13H,1,4-5,10-12H2,2H3,(H,20,21)/b16-13+. The molecule has 5 nitrogen and oxygen atoms in total. The van der Waals surface area contributed by atoms with E-state index >= 15 is 0 Å². The Kier molecular flexibility index (Phi) is 8.87. The summed E-state index contributed by atoms with van der Waals surface area (Å²) in [5, 5.41) is 11.8. The van der Waals surface area contributed by atoms with Gasteiger partial charge in [0.1, 0.15) is 24.0 Å². The van der Waals surface area contributed by atoms with Gasteiger partial charge in [0, 0.05) is 19.8 Å². The zero-order chi connectivity index (χ0) is 16.9. The van der Waals surface area contributed by atoms with Gasteiger partial charge in [-0.25, -0.2) is 0 Å². The van der Waals surface area contributed by atoms with Gasteiger partial charge in [-0.15, -0.1) is 0 Å². The average Bonchev–Trinajstić information content (AvgIpc) is 2.58. The smallest absolute Gasteiger partial charge is 0.261 e. The maximum absolute atomic E-state index is 11.9. The lowest BCUT2D eigenvalue weighted by Crippen LogP contribution is -2.26. The van der Waals surface area contributed by atoms with Crippen molar-refractivity contribution in [1.29, 1.82) is 5.26 Å². The minimum atomic E-state index is -0.379. The van der Waals surface area contributed by atoms with Crippen molar-refractivity contribution in [2.24, 2.45) is 0 Å². The van der Waals surface area contributed by atoms with E-state index in [1.165, 1.54) is 0 Å². The van der Waals surface area contributed by atoms with E-state index in [0.29, 0.717) is 38.5 Å². The molecule has 0 aliphatic rings. The summed E-state index contributed by atoms with van der Waals surface area (Å²) < 4.78 is 10.6. The van der Waals surface area contributed by atoms with Gasteiger partial charge in [0.2, 0.25) is 0 Å². The van der Waals surface area contributed by atoms with Crippen LogP contribution in [0, 0.1) is 11.3 Å². The summed E-state index contributed by atoms with van der Waals surface area (Å²) in [6, 6.07) is 9.07.